The van der Waals surface area contributed by atoms with Gasteiger partial charge < -0.3 is 20.1 Å². The van der Waals surface area contributed by atoms with Crippen molar-refractivity contribution in [3.8, 4) is 0 Å². The molecule has 9 nitrogen and oxygen atoms in total. The SMILES string of the molecule is COC(=O)CC(O)C(O)c1cc([N+](=O)[O-])c(C(=O)O)cc1F. The van der Waals surface area contributed by atoms with Crippen LogP contribution in [0.25, 0.3) is 0 Å². The lowest BCUT2D eigenvalue weighted by Crippen LogP contribution is -2.23. The van der Waals surface area contributed by atoms with Crippen LogP contribution in [0.1, 0.15) is 28.4 Å². The number of carbonyl (C=O) groups is 2. The van der Waals surface area contributed by atoms with Crippen LogP contribution in [-0.4, -0.2) is 45.4 Å². The normalized spacial score (nSPS) is 13.3. The number of nitro benzene ring substituents is 1. The highest BCUT2D eigenvalue weighted by Gasteiger charge is 2.29. The van der Waals surface area contributed by atoms with Crippen molar-refractivity contribution in [1.82, 2.24) is 0 Å². The molecule has 0 saturated carbocycles. The van der Waals surface area contributed by atoms with Crippen LogP contribution in [0.2, 0.25) is 0 Å². The molecule has 120 valence electrons. The average Bonchev–Trinajstić information content (AvgIpc) is 2.45. The molecule has 0 fully saturated rings. The molecule has 0 aromatic heterocycles. The van der Waals surface area contributed by atoms with Gasteiger partial charge in [0, 0.05) is 11.6 Å². The van der Waals surface area contributed by atoms with Gasteiger partial charge in [0.2, 0.25) is 0 Å². The molecule has 3 N–H and O–H groups in total. The van der Waals surface area contributed by atoms with Crippen LogP contribution in [-0.2, 0) is 9.53 Å². The largest absolute Gasteiger partial charge is 0.477 e. The summed E-state index contributed by atoms with van der Waals surface area (Å²) in [7, 11) is 1.04. The van der Waals surface area contributed by atoms with E-state index in [0.717, 1.165) is 7.11 Å². The second-order valence-corrected chi connectivity index (χ2v) is 4.25. The zero-order valence-corrected chi connectivity index (χ0v) is 11.2. The number of hydrogen-bond donors (Lipinski definition) is 3. The number of methoxy groups -OCH3 is 1. The lowest BCUT2D eigenvalue weighted by Gasteiger charge is -2.18. The molecule has 1 aromatic rings. The number of carbonyl (C=O) groups excluding carboxylic acids is 1. The fraction of sp³-hybridized carbons (Fsp3) is 0.333. The number of carboxylic acid groups (broad SMARTS) is 1. The minimum absolute atomic E-state index is 0.365. The minimum atomic E-state index is -1.97. The number of aliphatic hydroxyl groups is 2. The van der Waals surface area contributed by atoms with Crippen molar-refractivity contribution in [2.75, 3.05) is 7.11 Å². The van der Waals surface area contributed by atoms with E-state index >= 15 is 0 Å². The van der Waals surface area contributed by atoms with Crippen LogP contribution in [0.15, 0.2) is 12.1 Å². The summed E-state index contributed by atoms with van der Waals surface area (Å²) in [5.74, 6) is -3.87. The van der Waals surface area contributed by atoms with Crippen molar-refractivity contribution < 1.29 is 39.0 Å². The Morgan fingerprint density at radius 1 is 1.41 bits per heavy atom. The van der Waals surface area contributed by atoms with Gasteiger partial charge in [-0.25, -0.2) is 9.18 Å². The van der Waals surface area contributed by atoms with Gasteiger partial charge in [-0.1, -0.05) is 0 Å². The summed E-state index contributed by atoms with van der Waals surface area (Å²) < 4.78 is 18.1. The molecule has 0 radical (unpaired) electrons. The maximum atomic E-state index is 13.8. The van der Waals surface area contributed by atoms with Crippen molar-refractivity contribution in [3.05, 3.63) is 39.2 Å². The number of benzene rings is 1. The van der Waals surface area contributed by atoms with E-state index in [1.165, 1.54) is 0 Å². The zero-order chi connectivity index (χ0) is 17.0. The molecule has 1 aromatic carbocycles. The number of hydrogen-bond acceptors (Lipinski definition) is 7. The van der Waals surface area contributed by atoms with E-state index in [2.05, 4.69) is 4.74 Å². The topological polar surface area (TPSA) is 147 Å². The standard InChI is InChI=1S/C12H12FNO8/c1-22-10(16)4-9(15)11(17)5-3-8(14(20)21)6(12(18)19)2-7(5)13/h2-3,9,11,15,17H,4H2,1H3,(H,18,19). The summed E-state index contributed by atoms with van der Waals surface area (Å²) in [5, 5.41) is 39.0. The van der Waals surface area contributed by atoms with E-state index in [9.17, 15) is 34.3 Å². The van der Waals surface area contributed by atoms with Gasteiger partial charge in [0.15, 0.2) is 0 Å². The van der Waals surface area contributed by atoms with Gasteiger partial charge in [-0.2, -0.15) is 0 Å². The third-order valence-electron chi connectivity index (χ3n) is 2.83. The number of esters is 1. The summed E-state index contributed by atoms with van der Waals surface area (Å²) in [4.78, 5) is 31.6. The Morgan fingerprint density at radius 2 is 2.00 bits per heavy atom. The number of rotatable bonds is 6. The highest BCUT2D eigenvalue weighted by molar-refractivity contribution is 5.92. The van der Waals surface area contributed by atoms with Crippen LogP contribution in [0, 0.1) is 15.9 Å². The van der Waals surface area contributed by atoms with E-state index in [1.807, 2.05) is 0 Å². The molecule has 10 heteroatoms. The number of nitro groups is 1. The van der Waals surface area contributed by atoms with Crippen molar-refractivity contribution in [3.63, 3.8) is 0 Å². The number of aliphatic hydroxyl groups excluding tert-OH is 2. The number of aromatic carboxylic acids is 1. The van der Waals surface area contributed by atoms with Gasteiger partial charge in [-0.05, 0) is 6.07 Å². The summed E-state index contributed by atoms with van der Waals surface area (Å²) in [6, 6.07) is 0.869. The molecule has 22 heavy (non-hydrogen) atoms. The summed E-state index contributed by atoms with van der Waals surface area (Å²) in [6.45, 7) is 0. The molecule has 0 aliphatic carbocycles. The highest BCUT2D eigenvalue weighted by atomic mass is 19.1. The summed E-state index contributed by atoms with van der Waals surface area (Å²) >= 11 is 0. The predicted molar refractivity (Wildman–Crippen MR) is 67.6 cm³/mol. The monoisotopic (exact) mass is 317 g/mol. The molecule has 2 atom stereocenters. The quantitative estimate of drug-likeness (QED) is 0.388. The van der Waals surface area contributed by atoms with E-state index < -0.39 is 58.1 Å². The molecule has 1 rings (SSSR count). The van der Waals surface area contributed by atoms with Crippen molar-refractivity contribution in [2.24, 2.45) is 0 Å². The Labute approximate surface area is 122 Å². The number of halogens is 1. The fourth-order valence-corrected chi connectivity index (χ4v) is 1.70. The average molecular weight is 317 g/mol. The van der Waals surface area contributed by atoms with Crippen LogP contribution < -0.4 is 0 Å². The Balaban J connectivity index is 3.24. The predicted octanol–water partition coefficient (Wildman–Crippen LogP) is 0.390. The number of carboxylic acids is 1. The Bertz CT molecular complexity index is 617. The second kappa shape index (κ2) is 6.91. The molecule has 0 amide bonds. The highest BCUT2D eigenvalue weighted by Crippen LogP contribution is 2.29. The van der Waals surface area contributed by atoms with Gasteiger partial charge in [0.25, 0.3) is 5.69 Å². The summed E-state index contributed by atoms with van der Waals surface area (Å²) in [5.41, 5.74) is -2.55. The van der Waals surface area contributed by atoms with Gasteiger partial charge in [-0.3, -0.25) is 14.9 Å². The summed E-state index contributed by atoms with van der Waals surface area (Å²) in [6.07, 6.45) is -4.43. The van der Waals surface area contributed by atoms with Crippen LogP contribution >= 0.6 is 0 Å². The van der Waals surface area contributed by atoms with Crippen molar-refractivity contribution in [2.45, 2.75) is 18.6 Å². The zero-order valence-electron chi connectivity index (χ0n) is 11.2. The molecule has 0 bridgehead atoms. The van der Waals surface area contributed by atoms with Gasteiger partial charge in [0.1, 0.15) is 17.5 Å². The van der Waals surface area contributed by atoms with Gasteiger partial charge in [-0.15, -0.1) is 0 Å². The molecule has 0 heterocycles. The molecule has 0 aliphatic rings. The molecule has 2 unspecified atom stereocenters. The number of nitrogens with zero attached hydrogens (tertiary/aromatic N) is 1. The lowest BCUT2D eigenvalue weighted by atomic mass is 9.99. The van der Waals surface area contributed by atoms with Crippen LogP contribution in [0.3, 0.4) is 0 Å². The Morgan fingerprint density at radius 3 is 2.45 bits per heavy atom. The fourth-order valence-electron chi connectivity index (χ4n) is 1.70. The second-order valence-electron chi connectivity index (χ2n) is 4.25. The molecule has 0 aliphatic heterocycles. The van der Waals surface area contributed by atoms with Gasteiger partial charge >= 0.3 is 11.9 Å². The van der Waals surface area contributed by atoms with E-state index in [0.29, 0.717) is 12.1 Å². The van der Waals surface area contributed by atoms with Crippen molar-refractivity contribution >= 4 is 17.6 Å². The van der Waals surface area contributed by atoms with Crippen LogP contribution in [0.5, 0.6) is 0 Å². The smallest absolute Gasteiger partial charge is 0.342 e. The third kappa shape index (κ3) is 3.74. The maximum Gasteiger partial charge on any atom is 0.342 e. The Kier molecular flexibility index (Phi) is 5.49. The van der Waals surface area contributed by atoms with E-state index in [-0.39, 0.29) is 0 Å². The minimum Gasteiger partial charge on any atom is -0.477 e. The van der Waals surface area contributed by atoms with Gasteiger partial charge in [0.05, 0.1) is 24.6 Å². The van der Waals surface area contributed by atoms with E-state index in [1.54, 1.807) is 0 Å². The molecular weight excluding hydrogens is 305 g/mol. The lowest BCUT2D eigenvalue weighted by molar-refractivity contribution is -0.385. The first-order chi connectivity index (χ1) is 10.2. The first-order valence-corrected chi connectivity index (χ1v) is 5.83. The maximum absolute atomic E-state index is 13.8. The van der Waals surface area contributed by atoms with Crippen molar-refractivity contribution in [1.29, 1.82) is 0 Å². The molecule has 0 spiro atoms. The van der Waals surface area contributed by atoms with E-state index in [4.69, 9.17) is 5.11 Å². The van der Waals surface area contributed by atoms with Crippen LogP contribution in [0.4, 0.5) is 10.1 Å². The Hall–Kier alpha value is -2.59. The molecule has 0 saturated heterocycles. The molecular formula is C12H12FNO8. The number of ether oxygens (including phenoxy) is 1. The first kappa shape index (κ1) is 17.5. The first-order valence-electron chi connectivity index (χ1n) is 5.83. The third-order valence-corrected chi connectivity index (χ3v) is 2.83.